The average Bonchev–Trinajstić information content (AvgIpc) is 2.75. The van der Waals surface area contributed by atoms with Crippen molar-refractivity contribution in [2.45, 2.75) is 52.7 Å². The lowest BCUT2D eigenvalue weighted by Gasteiger charge is -2.12. The third kappa shape index (κ3) is 12.2. The molecule has 3 atom stereocenters. The minimum atomic E-state index is -0.661. The Labute approximate surface area is 188 Å². The molecule has 0 amide bonds. The summed E-state index contributed by atoms with van der Waals surface area (Å²) in [5.41, 5.74) is 2.03. The highest BCUT2D eigenvalue weighted by Gasteiger charge is 2.11. The van der Waals surface area contributed by atoms with E-state index >= 15 is 0 Å². The fraction of sp³-hybridized carbons (Fsp3) is 0.429. The lowest BCUT2D eigenvalue weighted by Crippen LogP contribution is -2.14. The largest absolute Gasteiger partial charge is 0.349 e. The maximum absolute atomic E-state index is 11.2. The lowest BCUT2D eigenvalue weighted by atomic mass is 10.2. The van der Waals surface area contributed by atoms with Crippen molar-refractivity contribution in [3.8, 4) is 0 Å². The minimum absolute atomic E-state index is 0.140. The van der Waals surface area contributed by atoms with Crippen LogP contribution in [0.4, 0.5) is 0 Å². The molecule has 0 aliphatic carbocycles. The molecule has 3 unspecified atom stereocenters. The van der Waals surface area contributed by atoms with Crippen LogP contribution in [-0.4, -0.2) is 47.9 Å². The minimum Gasteiger partial charge on any atom is -0.349 e. The van der Waals surface area contributed by atoms with Crippen molar-refractivity contribution in [3.63, 3.8) is 0 Å². The van der Waals surface area contributed by atoms with Crippen molar-refractivity contribution in [1.82, 2.24) is 0 Å². The molecule has 10 heteroatoms. The number of benzene rings is 1. The number of oxime groups is 2. The molecule has 0 bridgehead atoms. The topological polar surface area (TPSA) is 102 Å². The Morgan fingerprint density at radius 1 is 0.968 bits per heavy atom. The van der Waals surface area contributed by atoms with Crippen molar-refractivity contribution in [2.75, 3.05) is 6.67 Å². The molecule has 0 aliphatic rings. The van der Waals surface area contributed by atoms with E-state index in [-0.39, 0.29) is 23.4 Å². The number of unbranched alkanes of at least 4 members (excludes halogenated alkanes) is 2. The van der Waals surface area contributed by atoms with Crippen molar-refractivity contribution in [2.24, 2.45) is 20.3 Å². The molecule has 0 spiro atoms. The third-order valence-corrected chi connectivity index (χ3v) is 4.85. The Bertz CT molecular complexity index is 836. The summed E-state index contributed by atoms with van der Waals surface area (Å²) in [5.74, 6) is 0. The molecule has 31 heavy (non-hydrogen) atoms. The van der Waals surface area contributed by atoms with E-state index < -0.39 is 6.29 Å². The molecule has 0 saturated carbocycles. The molecule has 0 N–H and O–H groups in total. The number of carbonyl (C=O) groups is 2. The van der Waals surface area contributed by atoms with Gasteiger partial charge in [0.1, 0.15) is 12.4 Å². The van der Waals surface area contributed by atoms with E-state index in [0.29, 0.717) is 12.1 Å². The van der Waals surface area contributed by atoms with Gasteiger partial charge in [-0.15, -0.1) is 0 Å². The predicted octanol–water partition coefficient (Wildman–Crippen LogP) is 3.98. The summed E-state index contributed by atoms with van der Waals surface area (Å²) in [5, 5.41) is 7.79. The molecule has 0 aliphatic heterocycles. The Morgan fingerprint density at radius 2 is 1.58 bits per heavy atom. The molecule has 168 valence electrons. The van der Waals surface area contributed by atoms with Crippen LogP contribution in [0, 0.1) is 0 Å². The number of aliphatic imine (C=N–C) groups is 2. The first-order valence-corrected chi connectivity index (χ1v) is 11.1. The molecule has 0 radical (unpaired) electrons. The molecule has 0 heterocycles. The van der Waals surface area contributed by atoms with Gasteiger partial charge in [-0.25, -0.2) is 0 Å². The normalized spacial score (nSPS) is 13.6. The summed E-state index contributed by atoms with van der Waals surface area (Å²) < 4.78 is 0. The Hall–Kier alpha value is -2.30. The van der Waals surface area contributed by atoms with Crippen molar-refractivity contribution in [1.29, 1.82) is 0 Å². The second kappa shape index (κ2) is 15.5. The molecule has 0 fully saturated rings. The molecule has 0 aromatic heterocycles. The van der Waals surface area contributed by atoms with Crippen molar-refractivity contribution >= 4 is 53.4 Å². The van der Waals surface area contributed by atoms with E-state index in [1.54, 1.807) is 26.3 Å². The number of hydrogen-bond acceptors (Lipinski definition) is 8. The van der Waals surface area contributed by atoms with Crippen LogP contribution < -0.4 is 0 Å². The van der Waals surface area contributed by atoms with Gasteiger partial charge in [-0.05, 0) is 31.4 Å². The SMILES string of the molecule is CCCCCC(O/N=C(/C)C(=O)P)O/N=C/c1ccc(C=NCN=C(C)C(=O)P)cc1. The van der Waals surface area contributed by atoms with Crippen LogP contribution in [-0.2, 0) is 19.3 Å². The summed E-state index contributed by atoms with van der Waals surface area (Å²) >= 11 is 0. The summed E-state index contributed by atoms with van der Waals surface area (Å²) in [4.78, 5) is 41.3. The first kappa shape index (κ1) is 26.7. The second-order valence-corrected chi connectivity index (χ2v) is 7.69. The van der Waals surface area contributed by atoms with E-state index in [2.05, 4.69) is 45.7 Å². The van der Waals surface area contributed by atoms with Crippen molar-refractivity contribution < 1.29 is 19.3 Å². The number of carbonyl (C=O) groups excluding carboxylic acids is 2. The van der Waals surface area contributed by atoms with Gasteiger partial charge in [-0.3, -0.25) is 19.6 Å². The average molecular weight is 464 g/mol. The van der Waals surface area contributed by atoms with Gasteiger partial charge in [0.25, 0.3) is 6.29 Å². The van der Waals surface area contributed by atoms with Gasteiger partial charge in [0, 0.05) is 12.6 Å². The summed E-state index contributed by atoms with van der Waals surface area (Å²) in [7, 11) is 4.13. The smallest absolute Gasteiger partial charge is 0.289 e. The van der Waals surface area contributed by atoms with Crippen LogP contribution in [0.15, 0.2) is 44.6 Å². The monoisotopic (exact) mass is 464 g/mol. The van der Waals surface area contributed by atoms with Gasteiger partial charge < -0.3 is 9.68 Å². The molecular weight excluding hydrogens is 434 g/mol. The zero-order chi connectivity index (χ0) is 23.1. The molecule has 8 nitrogen and oxygen atoms in total. The van der Waals surface area contributed by atoms with Crippen LogP contribution in [0.1, 0.15) is 57.6 Å². The first-order valence-electron chi connectivity index (χ1n) is 9.93. The zero-order valence-electron chi connectivity index (χ0n) is 18.2. The Balaban J connectivity index is 2.62. The second-order valence-electron chi connectivity index (χ2n) is 6.64. The fourth-order valence-electron chi connectivity index (χ4n) is 2.07. The van der Waals surface area contributed by atoms with Crippen LogP contribution in [0.3, 0.4) is 0 Å². The van der Waals surface area contributed by atoms with E-state index in [9.17, 15) is 9.59 Å². The number of rotatable bonds is 14. The number of hydrogen-bond donors (Lipinski definition) is 0. The molecule has 1 aromatic rings. The highest BCUT2D eigenvalue weighted by atomic mass is 31.0. The van der Waals surface area contributed by atoms with Gasteiger partial charge in [-0.1, -0.05) is 72.8 Å². The van der Waals surface area contributed by atoms with Gasteiger partial charge >= 0.3 is 0 Å². The van der Waals surface area contributed by atoms with Crippen molar-refractivity contribution in [3.05, 3.63) is 35.4 Å². The summed E-state index contributed by atoms with van der Waals surface area (Å²) in [6, 6.07) is 7.51. The maximum Gasteiger partial charge on any atom is 0.289 e. The maximum atomic E-state index is 11.2. The molecule has 1 aromatic carbocycles. The van der Waals surface area contributed by atoms with Gasteiger partial charge in [0.15, 0.2) is 11.0 Å². The van der Waals surface area contributed by atoms with Gasteiger partial charge in [0.05, 0.1) is 11.9 Å². The quantitative estimate of drug-likeness (QED) is 0.137. The standard InChI is InChI=1S/C21H30N4O4P2/c1-4-5-6-7-19(29-25-16(3)21(27)31)28-24-13-18-10-8-17(9-11-18)12-22-14-23-15(2)20(26)30/h8-13,19H,4-7,14,30-31H2,1-3H3/b22-12?,23-15?,24-13+,25-16-. The van der Waals surface area contributed by atoms with Crippen LogP contribution in [0.5, 0.6) is 0 Å². The van der Waals surface area contributed by atoms with Crippen LogP contribution in [0.25, 0.3) is 0 Å². The molecule has 0 saturated heterocycles. The number of nitrogens with zero attached hydrogens (tertiary/aromatic N) is 4. The van der Waals surface area contributed by atoms with E-state index in [0.717, 1.165) is 30.4 Å². The predicted molar refractivity (Wildman–Crippen MR) is 132 cm³/mol. The molecule has 1 rings (SSSR count). The Morgan fingerprint density at radius 3 is 2.16 bits per heavy atom. The fourth-order valence-corrected chi connectivity index (χ4v) is 2.21. The third-order valence-electron chi connectivity index (χ3n) is 4.01. The summed E-state index contributed by atoms with van der Waals surface area (Å²) in [6.45, 7) is 5.53. The highest BCUT2D eigenvalue weighted by Crippen LogP contribution is 2.10. The van der Waals surface area contributed by atoms with E-state index in [1.165, 1.54) is 0 Å². The van der Waals surface area contributed by atoms with E-state index in [4.69, 9.17) is 9.68 Å². The van der Waals surface area contributed by atoms with Crippen LogP contribution >= 0.6 is 18.5 Å². The van der Waals surface area contributed by atoms with Gasteiger partial charge in [0.2, 0.25) is 0 Å². The zero-order valence-corrected chi connectivity index (χ0v) is 20.5. The van der Waals surface area contributed by atoms with Crippen LogP contribution in [0.2, 0.25) is 0 Å². The Kier molecular flexibility index (Phi) is 13.4. The summed E-state index contributed by atoms with van der Waals surface area (Å²) in [6.07, 6.45) is 6.24. The lowest BCUT2D eigenvalue weighted by molar-refractivity contribution is -0.146. The molecular formula is C21H30N4O4P2. The highest BCUT2D eigenvalue weighted by molar-refractivity contribution is 7.45. The van der Waals surface area contributed by atoms with E-state index in [1.807, 2.05) is 24.3 Å². The van der Waals surface area contributed by atoms with Gasteiger partial charge in [-0.2, -0.15) is 0 Å². The first-order chi connectivity index (χ1) is 14.8.